The molecule has 12 nitrogen and oxygen atoms in total. The first-order chi connectivity index (χ1) is 4.00. The molecule has 0 aromatic heterocycles. The molecule has 0 heterocycles. The van der Waals surface area contributed by atoms with E-state index >= 15 is 0 Å². The van der Waals surface area contributed by atoms with Gasteiger partial charge in [0.15, 0.2) is 0 Å². The van der Waals surface area contributed by atoms with Crippen LogP contribution in [0.3, 0.4) is 0 Å². The molecule has 36 N–H and O–H groups in total. The summed E-state index contributed by atoms with van der Waals surface area (Å²) >= 11 is 0. The van der Waals surface area contributed by atoms with Gasteiger partial charge in [-0.15, -0.1) is 0 Å². The molecule has 0 saturated carbocycles. The van der Waals surface area contributed by atoms with E-state index in [4.69, 9.17) is 0 Å². The van der Waals surface area contributed by atoms with E-state index in [0.717, 1.165) is 0 Å². The van der Waals surface area contributed by atoms with E-state index in [0.29, 0.717) is 0 Å². The van der Waals surface area contributed by atoms with Crippen LogP contribution in [0.1, 0.15) is 0 Å². The van der Waals surface area contributed by atoms with Crippen LogP contribution in [0.15, 0.2) is 0 Å². The van der Waals surface area contributed by atoms with Crippen molar-refractivity contribution in [1.82, 2.24) is 73.8 Å². The average molecular weight is 638 g/mol. The molecular formula is H36B2Cl4Co2F8N12. The van der Waals surface area contributed by atoms with Gasteiger partial charge in [0.25, 0.3) is 0 Å². The number of hydrogen-bond acceptors (Lipinski definition) is 12. The van der Waals surface area contributed by atoms with Gasteiger partial charge in [-0.1, -0.05) is 0 Å². The molecule has 0 fully saturated rings. The van der Waals surface area contributed by atoms with Crippen molar-refractivity contribution in [1.29, 1.82) is 0 Å². The van der Waals surface area contributed by atoms with E-state index in [-0.39, 0.29) is 157 Å². The molecule has 28 heteroatoms. The van der Waals surface area contributed by atoms with Crippen LogP contribution in [0.5, 0.6) is 0 Å². The SMILES string of the molecule is F[B-](F)(F)F.F[B-](F)(F)F.N.N.N.N.N.N.N.N.N.N.N.N.[Cl-].[Cl-].[Cl-].[Cl-].[Co+3].[Co+3]. The van der Waals surface area contributed by atoms with Crippen LogP contribution in [0.2, 0.25) is 0 Å². The van der Waals surface area contributed by atoms with Gasteiger partial charge in [0.05, 0.1) is 0 Å². The van der Waals surface area contributed by atoms with Gasteiger partial charge in [-0.2, -0.15) is 0 Å². The van der Waals surface area contributed by atoms with Crippen molar-refractivity contribution in [2.75, 3.05) is 0 Å². The Morgan fingerprint density at radius 2 is 0.250 bits per heavy atom. The zero-order valence-electron chi connectivity index (χ0n) is 14.8. The summed E-state index contributed by atoms with van der Waals surface area (Å²) in [6.07, 6.45) is 0. The van der Waals surface area contributed by atoms with Gasteiger partial charge >= 0.3 is 48.1 Å². The summed E-state index contributed by atoms with van der Waals surface area (Å²) in [5, 5.41) is 0. The van der Waals surface area contributed by atoms with Crippen molar-refractivity contribution in [2.24, 2.45) is 0 Å². The number of halogens is 12. The standard InChI is InChI=1S/2BF4.4ClH.2Co.12H3N/c2*2-1(3,4)5;;;;;;;;;;;;;;;;;;/h;;4*1H;;;12*1H3/q2*-1;;;;;2*+3;;;;;;;;;;;;/p-4. The Hall–Kier alpha value is 1.26. The van der Waals surface area contributed by atoms with Gasteiger partial charge in [0.1, 0.15) is 0 Å². The van der Waals surface area contributed by atoms with Crippen molar-refractivity contribution in [3.05, 3.63) is 0 Å². The molecule has 204 valence electrons. The Bertz CT molecular complexity index is 98.6. The minimum absolute atomic E-state index is 0. The largest absolute Gasteiger partial charge is 3.00 e. The third-order valence-electron chi connectivity index (χ3n) is 0. The molecule has 0 amide bonds. The Balaban J connectivity index is -0.00000000155. The van der Waals surface area contributed by atoms with Gasteiger partial charge < -0.3 is 158 Å². The quantitative estimate of drug-likeness (QED) is 0.0870. The second-order valence-electron chi connectivity index (χ2n) is 0.990. The minimum atomic E-state index is -6.00. The Morgan fingerprint density at radius 3 is 0.250 bits per heavy atom. The molecule has 0 aliphatic heterocycles. The van der Waals surface area contributed by atoms with Gasteiger partial charge in [0.2, 0.25) is 0 Å². The molecule has 0 unspecified atom stereocenters. The van der Waals surface area contributed by atoms with E-state index < -0.39 is 14.5 Å². The van der Waals surface area contributed by atoms with Crippen LogP contribution in [-0.4, -0.2) is 14.5 Å². The van der Waals surface area contributed by atoms with Crippen LogP contribution in [-0.2, 0) is 33.6 Å². The van der Waals surface area contributed by atoms with Gasteiger partial charge in [-0.3, -0.25) is 0 Å². The molecule has 28 heavy (non-hydrogen) atoms. The van der Waals surface area contributed by atoms with Crippen LogP contribution < -0.4 is 123 Å². The fourth-order valence-corrected chi connectivity index (χ4v) is 0. The van der Waals surface area contributed by atoms with Crippen molar-refractivity contribution in [3.63, 3.8) is 0 Å². The van der Waals surface area contributed by atoms with Crippen molar-refractivity contribution < 1.29 is 118 Å². The fraction of sp³-hybridized carbons (Fsp3) is 0. The number of hydrogen-bond donors (Lipinski definition) is 12. The van der Waals surface area contributed by atoms with E-state index in [1.54, 1.807) is 0 Å². The zero-order chi connectivity index (χ0) is 9.00. The number of rotatable bonds is 0. The first-order valence-corrected chi connectivity index (χ1v) is 1.75. The Labute approximate surface area is 205 Å². The Morgan fingerprint density at radius 1 is 0.250 bits per heavy atom. The van der Waals surface area contributed by atoms with E-state index in [1.807, 2.05) is 0 Å². The maximum atomic E-state index is 9.75. The van der Waals surface area contributed by atoms with Crippen LogP contribution in [0, 0.1) is 0 Å². The van der Waals surface area contributed by atoms with Crippen molar-refractivity contribution in [2.45, 2.75) is 0 Å². The van der Waals surface area contributed by atoms with E-state index in [1.165, 1.54) is 0 Å². The first kappa shape index (κ1) is 272. The van der Waals surface area contributed by atoms with Gasteiger partial charge in [-0.25, -0.2) is 0 Å². The molecule has 0 atom stereocenters. The predicted octanol–water partition coefficient (Wildman–Crippen LogP) is -7.45. The summed E-state index contributed by atoms with van der Waals surface area (Å²) in [4.78, 5) is 0. The van der Waals surface area contributed by atoms with Gasteiger partial charge in [-0.05, 0) is 0 Å². The maximum absolute atomic E-state index is 9.75. The monoisotopic (exact) mass is 636 g/mol. The summed E-state index contributed by atoms with van der Waals surface area (Å²) in [5.41, 5.74) is 0. The molecule has 0 bridgehead atoms. The second-order valence-corrected chi connectivity index (χ2v) is 0.990. The smallest absolute Gasteiger partial charge is 1.00 e. The second kappa shape index (κ2) is 119. The zero-order valence-corrected chi connectivity index (χ0v) is 19.9. The molecule has 0 radical (unpaired) electrons. The average Bonchev–Trinajstić information content (AvgIpc) is 1.12. The van der Waals surface area contributed by atoms with E-state index in [9.17, 15) is 34.5 Å². The molecule has 0 aromatic rings. The van der Waals surface area contributed by atoms with E-state index in [2.05, 4.69) is 0 Å². The minimum Gasteiger partial charge on any atom is -1.00 e. The fourth-order valence-electron chi connectivity index (χ4n) is 0. The van der Waals surface area contributed by atoms with Crippen LogP contribution in [0.25, 0.3) is 0 Å². The molecule has 0 rings (SSSR count). The normalized spacial score (nSPS) is 4.29. The van der Waals surface area contributed by atoms with Crippen LogP contribution in [0.4, 0.5) is 34.5 Å². The molecule has 0 spiro atoms. The summed E-state index contributed by atoms with van der Waals surface area (Å²) in [5.74, 6) is 0. The predicted molar refractivity (Wildman–Crippen MR) is 80.6 cm³/mol. The molecule has 0 saturated heterocycles. The molecule has 0 aliphatic carbocycles. The van der Waals surface area contributed by atoms with Crippen LogP contribution >= 0.6 is 0 Å². The van der Waals surface area contributed by atoms with Crippen molar-refractivity contribution in [3.8, 4) is 0 Å². The summed E-state index contributed by atoms with van der Waals surface area (Å²) in [6, 6.07) is 0. The molecule has 0 aliphatic rings. The third kappa shape index (κ3) is 11800. The topological polar surface area (TPSA) is 420 Å². The van der Waals surface area contributed by atoms with Gasteiger partial charge in [0, 0.05) is 0 Å². The molecule has 0 aromatic carbocycles. The third-order valence-corrected chi connectivity index (χ3v) is 0. The first-order valence-electron chi connectivity index (χ1n) is 1.75. The summed E-state index contributed by atoms with van der Waals surface area (Å²) < 4.78 is 78.0. The maximum Gasteiger partial charge on any atom is 3.00 e. The Kier molecular flexibility index (Phi) is 1160. The summed E-state index contributed by atoms with van der Waals surface area (Å²) in [7, 11) is -12.0. The molecular weight excluding hydrogens is 601 g/mol. The van der Waals surface area contributed by atoms with Crippen molar-refractivity contribution >= 4 is 14.5 Å². The summed E-state index contributed by atoms with van der Waals surface area (Å²) in [6.45, 7) is 0.